The summed E-state index contributed by atoms with van der Waals surface area (Å²) in [6.07, 6.45) is 7.18. The van der Waals surface area contributed by atoms with Crippen LogP contribution in [0.5, 0.6) is 5.75 Å². The van der Waals surface area contributed by atoms with Crippen molar-refractivity contribution >= 4 is 34.9 Å². The highest BCUT2D eigenvalue weighted by Crippen LogP contribution is 2.39. The predicted molar refractivity (Wildman–Crippen MR) is 137 cm³/mol. The lowest BCUT2D eigenvalue weighted by molar-refractivity contribution is 0.0691. The average Bonchev–Trinajstić information content (AvgIpc) is 3.32. The third-order valence-electron chi connectivity index (χ3n) is 6.51. The first-order valence-corrected chi connectivity index (χ1v) is 13.4. The molecule has 35 heavy (non-hydrogen) atoms. The number of anilines is 1. The molecule has 9 heteroatoms. The number of methoxy groups -OCH3 is 1. The number of rotatable bonds is 9. The Balaban J connectivity index is 1.43. The number of aromatic carboxylic acids is 1. The van der Waals surface area contributed by atoms with Crippen LogP contribution in [0.15, 0.2) is 40.7 Å². The lowest BCUT2D eigenvalue weighted by atomic mass is 9.77. The summed E-state index contributed by atoms with van der Waals surface area (Å²) in [6.45, 7) is 2.23. The maximum Gasteiger partial charge on any atom is 0.338 e. The van der Waals surface area contributed by atoms with Crippen LogP contribution in [0.1, 0.15) is 67.3 Å². The molecule has 1 aromatic heterocycles. The van der Waals surface area contributed by atoms with Gasteiger partial charge in [0.15, 0.2) is 0 Å². The molecule has 2 N–H and O–H groups in total. The Hall–Kier alpha value is -2.65. The van der Waals surface area contributed by atoms with Crippen LogP contribution in [0.2, 0.25) is 0 Å². The quantitative estimate of drug-likeness (QED) is 0.280. The molecule has 5 nitrogen and oxygen atoms in total. The summed E-state index contributed by atoms with van der Waals surface area (Å²) < 4.78 is 37.2. The van der Waals surface area contributed by atoms with Crippen molar-refractivity contribution in [3.05, 3.63) is 58.5 Å². The molecule has 1 fully saturated rings. The Morgan fingerprint density at radius 1 is 1.20 bits per heavy atom. The van der Waals surface area contributed by atoms with Crippen LogP contribution in [0, 0.1) is 17.6 Å². The lowest BCUT2D eigenvalue weighted by Gasteiger charge is -2.28. The molecule has 3 aromatic rings. The second-order valence-electron chi connectivity index (χ2n) is 8.78. The summed E-state index contributed by atoms with van der Waals surface area (Å²) in [5.74, 6) is -1.10. The van der Waals surface area contributed by atoms with Crippen LogP contribution in [0.4, 0.5) is 14.5 Å². The number of carboxylic acid groups (broad SMARTS) is 1. The summed E-state index contributed by atoms with van der Waals surface area (Å²) in [7, 11) is 1.37. The van der Waals surface area contributed by atoms with E-state index in [2.05, 4.69) is 16.6 Å². The molecule has 0 spiro atoms. The third kappa shape index (κ3) is 5.95. The van der Waals surface area contributed by atoms with Crippen molar-refractivity contribution in [2.75, 3.05) is 11.8 Å². The monoisotopic (exact) mass is 518 g/mol. The van der Waals surface area contributed by atoms with Gasteiger partial charge in [-0.05, 0) is 61.3 Å². The number of nitrogens with zero attached hydrogens (tertiary/aromatic N) is 1. The minimum Gasteiger partial charge on any atom is -0.495 e. The van der Waals surface area contributed by atoms with Crippen LogP contribution in [-0.4, -0.2) is 23.2 Å². The molecule has 0 bridgehead atoms. The van der Waals surface area contributed by atoms with Gasteiger partial charge in [0.05, 0.1) is 18.4 Å². The molecule has 1 aliphatic carbocycles. The minimum atomic E-state index is -1.37. The summed E-state index contributed by atoms with van der Waals surface area (Å²) in [5, 5.41) is 12.0. The van der Waals surface area contributed by atoms with E-state index in [9.17, 15) is 9.18 Å². The van der Waals surface area contributed by atoms with Crippen molar-refractivity contribution in [2.45, 2.75) is 56.4 Å². The predicted octanol–water partition coefficient (Wildman–Crippen LogP) is 7.99. The van der Waals surface area contributed by atoms with E-state index in [0.717, 1.165) is 48.4 Å². The third-order valence-corrected chi connectivity index (χ3v) is 8.27. The van der Waals surface area contributed by atoms with Gasteiger partial charge in [-0.25, -0.2) is 18.6 Å². The van der Waals surface area contributed by atoms with Crippen LogP contribution in [0.25, 0.3) is 10.6 Å². The van der Waals surface area contributed by atoms with E-state index in [4.69, 9.17) is 9.84 Å². The summed E-state index contributed by atoms with van der Waals surface area (Å²) in [6, 6.07) is 7.68. The molecule has 0 unspecified atom stereocenters. The van der Waals surface area contributed by atoms with Crippen LogP contribution < -0.4 is 9.46 Å². The number of carboxylic acids is 1. The van der Waals surface area contributed by atoms with E-state index in [1.165, 1.54) is 44.1 Å². The number of halogens is 2. The van der Waals surface area contributed by atoms with E-state index >= 15 is 4.39 Å². The normalized spacial score (nSPS) is 17.8. The Morgan fingerprint density at radius 2 is 1.97 bits per heavy atom. The topological polar surface area (TPSA) is 71.5 Å². The van der Waals surface area contributed by atoms with Crippen molar-refractivity contribution in [1.82, 2.24) is 4.98 Å². The number of thiazole rings is 1. The van der Waals surface area contributed by atoms with Gasteiger partial charge in [-0.3, -0.25) is 0 Å². The van der Waals surface area contributed by atoms with Gasteiger partial charge in [0.25, 0.3) is 0 Å². The van der Waals surface area contributed by atoms with Crippen LogP contribution in [-0.2, 0) is 0 Å². The molecule has 186 valence electrons. The summed E-state index contributed by atoms with van der Waals surface area (Å²) >= 11 is 2.43. The number of benzene rings is 2. The molecule has 0 saturated heterocycles. The molecule has 4 rings (SSSR count). The highest BCUT2D eigenvalue weighted by Gasteiger charge is 2.23. The number of ether oxygens (including phenoxy) is 1. The average molecular weight is 519 g/mol. The number of hydrogen-bond donors (Lipinski definition) is 2. The fourth-order valence-electron chi connectivity index (χ4n) is 4.65. The van der Waals surface area contributed by atoms with E-state index in [1.54, 1.807) is 11.4 Å². The zero-order chi connectivity index (χ0) is 24.9. The van der Waals surface area contributed by atoms with Crippen LogP contribution >= 0.6 is 23.3 Å². The first-order chi connectivity index (χ1) is 16.9. The van der Waals surface area contributed by atoms with Gasteiger partial charge in [-0.2, -0.15) is 0 Å². The van der Waals surface area contributed by atoms with Crippen LogP contribution in [0.3, 0.4) is 0 Å². The van der Waals surface area contributed by atoms with Gasteiger partial charge in [0.1, 0.15) is 27.4 Å². The molecule has 1 aliphatic rings. The minimum absolute atomic E-state index is 0.192. The zero-order valence-electron chi connectivity index (χ0n) is 19.6. The zero-order valence-corrected chi connectivity index (χ0v) is 21.3. The molecule has 0 amide bonds. The maximum atomic E-state index is 15.0. The van der Waals surface area contributed by atoms with Gasteiger partial charge >= 0.3 is 5.97 Å². The summed E-state index contributed by atoms with van der Waals surface area (Å²) in [4.78, 5) is 15.6. The van der Waals surface area contributed by atoms with E-state index in [-0.39, 0.29) is 17.3 Å². The Bertz CT molecular complexity index is 1190. The fraction of sp³-hybridized carbons (Fsp3) is 0.385. The largest absolute Gasteiger partial charge is 0.495 e. The molecule has 1 saturated carbocycles. The lowest BCUT2D eigenvalue weighted by Crippen LogP contribution is -2.13. The molecule has 1 heterocycles. The van der Waals surface area contributed by atoms with Gasteiger partial charge in [0.2, 0.25) is 0 Å². The number of hydrogen-bond acceptors (Lipinski definition) is 6. The second-order valence-corrected chi connectivity index (χ2v) is 10.5. The van der Waals surface area contributed by atoms with Crippen molar-refractivity contribution < 1.29 is 23.4 Å². The Kier molecular flexibility index (Phi) is 8.28. The van der Waals surface area contributed by atoms with Crippen molar-refractivity contribution in [3.63, 3.8) is 0 Å². The molecular formula is C26H28F2N2O3S2. The Labute approximate surface area is 212 Å². The molecule has 2 aromatic carbocycles. The van der Waals surface area contributed by atoms with E-state index in [0.29, 0.717) is 21.5 Å². The first-order valence-electron chi connectivity index (χ1n) is 11.7. The fourth-order valence-corrected chi connectivity index (χ4v) is 6.27. The highest BCUT2D eigenvalue weighted by molar-refractivity contribution is 8.00. The molecule has 0 atom stereocenters. The van der Waals surface area contributed by atoms with Crippen molar-refractivity contribution in [1.29, 1.82) is 0 Å². The highest BCUT2D eigenvalue weighted by atomic mass is 32.2. The van der Waals surface area contributed by atoms with Gasteiger partial charge in [-0.1, -0.05) is 25.8 Å². The SMILES string of the molecule is CCCC1CCC(c2ccc(-c3nc(SNc4cc(F)c(C(=O)O)cc4OC)cs3)c(F)c2)CC1. The molecule has 0 radical (unpaired) electrons. The van der Waals surface area contributed by atoms with Crippen molar-refractivity contribution in [3.8, 4) is 16.3 Å². The standard InChI is InChI=1S/C26H28F2N2O3S2/c1-3-4-15-5-7-16(8-6-15)17-9-10-18(20(27)11-17)25-29-24(14-34-25)35-30-22-13-21(28)19(26(31)32)12-23(22)33-2/h9-16,30H,3-8H2,1-2H3,(H,31,32). The summed E-state index contributed by atoms with van der Waals surface area (Å²) in [5.41, 5.74) is 1.33. The Morgan fingerprint density at radius 3 is 2.63 bits per heavy atom. The van der Waals surface area contributed by atoms with Gasteiger partial charge in [0, 0.05) is 29.0 Å². The van der Waals surface area contributed by atoms with E-state index in [1.807, 2.05) is 12.1 Å². The molecule has 0 aliphatic heterocycles. The van der Waals surface area contributed by atoms with Gasteiger partial charge in [-0.15, -0.1) is 11.3 Å². The smallest absolute Gasteiger partial charge is 0.338 e. The number of carbonyl (C=O) groups is 1. The van der Waals surface area contributed by atoms with Crippen molar-refractivity contribution in [2.24, 2.45) is 5.92 Å². The number of aromatic nitrogens is 1. The molecular weight excluding hydrogens is 490 g/mol. The second kappa shape index (κ2) is 11.4. The van der Waals surface area contributed by atoms with E-state index < -0.39 is 17.3 Å². The maximum absolute atomic E-state index is 15.0. The van der Waals surface area contributed by atoms with Gasteiger partial charge < -0.3 is 14.6 Å². The number of nitrogens with one attached hydrogen (secondary N) is 1. The first kappa shape index (κ1) is 25.4.